The van der Waals surface area contributed by atoms with Crippen LogP contribution in [-0.2, 0) is 4.79 Å². The van der Waals surface area contributed by atoms with E-state index in [1.165, 1.54) is 96.3 Å². The minimum absolute atomic E-state index is 0.498. The van der Waals surface area contributed by atoms with E-state index in [9.17, 15) is 9.90 Å². The summed E-state index contributed by atoms with van der Waals surface area (Å²) in [6.45, 7) is 8.82. The first-order chi connectivity index (χ1) is 13.4. The van der Waals surface area contributed by atoms with Crippen LogP contribution < -0.4 is 0 Å². The van der Waals surface area contributed by atoms with Crippen molar-refractivity contribution in [3.8, 4) is 0 Å². The fourth-order valence-corrected chi connectivity index (χ4v) is 4.12. The summed E-state index contributed by atoms with van der Waals surface area (Å²) < 4.78 is 0. The molecule has 1 atom stereocenters. The summed E-state index contributed by atoms with van der Waals surface area (Å²) in [5.74, 6) is 0.274. The zero-order valence-electron chi connectivity index (χ0n) is 19.9. The predicted molar refractivity (Wildman–Crippen MR) is 124 cm³/mol. The van der Waals surface area contributed by atoms with E-state index in [4.69, 9.17) is 0 Å². The van der Waals surface area contributed by atoms with E-state index in [2.05, 4.69) is 20.8 Å². The van der Waals surface area contributed by atoms with Crippen LogP contribution in [0.25, 0.3) is 0 Å². The van der Waals surface area contributed by atoms with Crippen LogP contribution in [0.1, 0.15) is 150 Å². The minimum atomic E-state index is -0.587. The highest BCUT2D eigenvalue weighted by Crippen LogP contribution is 2.31. The van der Waals surface area contributed by atoms with Gasteiger partial charge in [0.15, 0.2) is 0 Å². The van der Waals surface area contributed by atoms with E-state index >= 15 is 0 Å². The maximum atomic E-state index is 11.7. The normalized spacial score (nSPS) is 13.8. The van der Waals surface area contributed by atoms with Gasteiger partial charge in [0.1, 0.15) is 0 Å². The van der Waals surface area contributed by atoms with Gasteiger partial charge in [0.05, 0.1) is 5.41 Å². The molecule has 168 valence electrons. The van der Waals surface area contributed by atoms with Gasteiger partial charge in [-0.1, -0.05) is 130 Å². The third kappa shape index (κ3) is 16.4. The lowest BCUT2D eigenvalue weighted by molar-refractivity contribution is -0.149. The predicted octanol–water partition coefficient (Wildman–Crippen LogP) is 9.17. The first-order valence-electron chi connectivity index (χ1n) is 12.7. The van der Waals surface area contributed by atoms with E-state index in [0.29, 0.717) is 0 Å². The Morgan fingerprint density at radius 2 is 1.04 bits per heavy atom. The number of aliphatic carboxylic acids is 1. The van der Waals surface area contributed by atoms with Crippen molar-refractivity contribution in [2.24, 2.45) is 11.3 Å². The number of unbranched alkanes of at least 4 members (excludes halogenated alkanes) is 14. The monoisotopic (exact) mass is 396 g/mol. The zero-order chi connectivity index (χ0) is 21.1. The summed E-state index contributed by atoms with van der Waals surface area (Å²) in [6.07, 6.45) is 23.8. The molecular weight excluding hydrogens is 344 g/mol. The summed E-state index contributed by atoms with van der Waals surface area (Å²) in [5.41, 5.74) is -0.498. The van der Waals surface area contributed by atoms with Gasteiger partial charge in [-0.15, -0.1) is 0 Å². The summed E-state index contributed by atoms with van der Waals surface area (Å²) >= 11 is 0. The van der Waals surface area contributed by atoms with Gasteiger partial charge in [0, 0.05) is 0 Å². The molecule has 28 heavy (non-hydrogen) atoms. The van der Waals surface area contributed by atoms with Crippen LogP contribution in [0.3, 0.4) is 0 Å². The summed E-state index contributed by atoms with van der Waals surface area (Å²) in [7, 11) is 0. The zero-order valence-corrected chi connectivity index (χ0v) is 19.9. The molecule has 0 aromatic rings. The molecular formula is C26H52O2. The highest BCUT2D eigenvalue weighted by atomic mass is 16.4. The van der Waals surface area contributed by atoms with Crippen molar-refractivity contribution >= 4 is 5.97 Å². The lowest BCUT2D eigenvalue weighted by atomic mass is 9.80. The standard InChI is InChI=1S/C26H52O2/c1-5-6-7-16-19-22-26(4,25(27)28)23-20-17-14-12-10-8-9-11-13-15-18-21-24(2)3/h24H,5-23H2,1-4H3,(H,27,28). The largest absolute Gasteiger partial charge is 0.481 e. The topological polar surface area (TPSA) is 37.3 Å². The Morgan fingerprint density at radius 1 is 0.679 bits per heavy atom. The summed E-state index contributed by atoms with van der Waals surface area (Å²) in [4.78, 5) is 11.7. The third-order valence-corrected chi connectivity index (χ3v) is 6.36. The Kier molecular flexibility index (Phi) is 18.1. The van der Waals surface area contributed by atoms with E-state index in [1.54, 1.807) is 0 Å². The molecule has 0 spiro atoms. The van der Waals surface area contributed by atoms with Crippen molar-refractivity contribution in [1.82, 2.24) is 0 Å². The van der Waals surface area contributed by atoms with Crippen LogP contribution in [0, 0.1) is 11.3 Å². The molecule has 0 heterocycles. The van der Waals surface area contributed by atoms with Gasteiger partial charge in [-0.25, -0.2) is 0 Å². The molecule has 0 saturated heterocycles. The molecule has 0 aliphatic heterocycles. The van der Waals surface area contributed by atoms with Crippen molar-refractivity contribution in [3.63, 3.8) is 0 Å². The van der Waals surface area contributed by atoms with Gasteiger partial charge in [-0.05, 0) is 25.7 Å². The lowest BCUT2D eigenvalue weighted by Gasteiger charge is -2.24. The van der Waals surface area contributed by atoms with Gasteiger partial charge in [-0.3, -0.25) is 4.79 Å². The second kappa shape index (κ2) is 18.5. The van der Waals surface area contributed by atoms with Gasteiger partial charge in [0.25, 0.3) is 0 Å². The van der Waals surface area contributed by atoms with Gasteiger partial charge in [-0.2, -0.15) is 0 Å². The van der Waals surface area contributed by atoms with Crippen LogP contribution >= 0.6 is 0 Å². The van der Waals surface area contributed by atoms with Crippen LogP contribution in [0.5, 0.6) is 0 Å². The van der Waals surface area contributed by atoms with Crippen LogP contribution in [-0.4, -0.2) is 11.1 Å². The van der Waals surface area contributed by atoms with Crippen molar-refractivity contribution < 1.29 is 9.90 Å². The molecule has 0 saturated carbocycles. The fourth-order valence-electron chi connectivity index (χ4n) is 4.12. The molecule has 2 nitrogen and oxygen atoms in total. The molecule has 0 aromatic heterocycles. The quantitative estimate of drug-likeness (QED) is 0.196. The molecule has 0 aromatic carbocycles. The SMILES string of the molecule is CCCCCCCC(C)(CCCCCCCCCCCCCC(C)C)C(=O)O. The number of rotatable bonds is 21. The second-order valence-corrected chi connectivity index (χ2v) is 9.85. The minimum Gasteiger partial charge on any atom is -0.481 e. The molecule has 0 fully saturated rings. The molecule has 0 radical (unpaired) electrons. The first kappa shape index (κ1) is 27.5. The number of carbonyl (C=O) groups is 1. The van der Waals surface area contributed by atoms with Crippen LogP contribution in [0.4, 0.5) is 0 Å². The van der Waals surface area contributed by atoms with E-state index < -0.39 is 11.4 Å². The molecule has 0 amide bonds. The van der Waals surface area contributed by atoms with E-state index in [-0.39, 0.29) is 0 Å². The Morgan fingerprint density at radius 3 is 1.39 bits per heavy atom. The van der Waals surface area contributed by atoms with Crippen LogP contribution in [0.2, 0.25) is 0 Å². The average molecular weight is 397 g/mol. The summed E-state index contributed by atoms with van der Waals surface area (Å²) in [5, 5.41) is 9.64. The Hall–Kier alpha value is -0.530. The molecule has 1 N–H and O–H groups in total. The molecule has 0 bridgehead atoms. The molecule has 0 aliphatic rings. The number of carboxylic acids is 1. The summed E-state index contributed by atoms with van der Waals surface area (Å²) in [6, 6.07) is 0. The smallest absolute Gasteiger partial charge is 0.309 e. The maximum Gasteiger partial charge on any atom is 0.309 e. The Bertz CT molecular complexity index is 350. The molecule has 0 rings (SSSR count). The lowest BCUT2D eigenvalue weighted by Crippen LogP contribution is -2.27. The maximum absolute atomic E-state index is 11.7. The average Bonchev–Trinajstić information content (AvgIpc) is 2.65. The van der Waals surface area contributed by atoms with Gasteiger partial charge < -0.3 is 5.11 Å². The first-order valence-corrected chi connectivity index (χ1v) is 12.7. The van der Waals surface area contributed by atoms with Crippen molar-refractivity contribution in [3.05, 3.63) is 0 Å². The molecule has 2 heteroatoms. The number of carboxylic acid groups (broad SMARTS) is 1. The van der Waals surface area contributed by atoms with Crippen molar-refractivity contribution in [2.75, 3.05) is 0 Å². The Balaban J connectivity index is 3.56. The third-order valence-electron chi connectivity index (χ3n) is 6.36. The second-order valence-electron chi connectivity index (χ2n) is 9.85. The van der Waals surface area contributed by atoms with Gasteiger partial charge >= 0.3 is 5.97 Å². The highest BCUT2D eigenvalue weighted by molar-refractivity contribution is 5.74. The van der Waals surface area contributed by atoms with E-state index in [0.717, 1.165) is 31.6 Å². The highest BCUT2D eigenvalue weighted by Gasteiger charge is 2.31. The van der Waals surface area contributed by atoms with Crippen LogP contribution in [0.15, 0.2) is 0 Å². The number of hydrogen-bond donors (Lipinski definition) is 1. The Labute approximate surface area is 177 Å². The van der Waals surface area contributed by atoms with Crippen molar-refractivity contribution in [2.45, 2.75) is 150 Å². The van der Waals surface area contributed by atoms with E-state index in [1.807, 2.05) is 6.92 Å². The van der Waals surface area contributed by atoms with Gasteiger partial charge in [0.2, 0.25) is 0 Å². The molecule has 0 aliphatic carbocycles. The van der Waals surface area contributed by atoms with Crippen molar-refractivity contribution in [1.29, 1.82) is 0 Å². The number of hydrogen-bond acceptors (Lipinski definition) is 1. The fraction of sp³-hybridized carbons (Fsp3) is 0.962. The molecule has 1 unspecified atom stereocenters.